The third kappa shape index (κ3) is 3.39. The van der Waals surface area contributed by atoms with Crippen molar-refractivity contribution < 1.29 is 23.7 Å². The lowest BCUT2D eigenvalue weighted by Gasteiger charge is -2.23. The van der Waals surface area contributed by atoms with Gasteiger partial charge in [0.1, 0.15) is 11.4 Å². The normalized spacial score (nSPS) is 14.6. The number of fused-ring (bicyclic) bond motifs is 4. The Balaban J connectivity index is 1.80. The summed E-state index contributed by atoms with van der Waals surface area (Å²) in [6.45, 7) is 0. The fourth-order valence-electron chi connectivity index (χ4n) is 5.56. The number of nitrogens with zero attached hydrogens (tertiary/aromatic N) is 1. The van der Waals surface area contributed by atoms with Gasteiger partial charge in [0.2, 0.25) is 11.2 Å². The van der Waals surface area contributed by atoms with Crippen molar-refractivity contribution in [2.45, 2.75) is 38.1 Å². The van der Waals surface area contributed by atoms with Crippen LogP contribution in [0.4, 0.5) is 0 Å². The molecule has 0 aliphatic heterocycles. The first-order valence-electron chi connectivity index (χ1n) is 12.2. The van der Waals surface area contributed by atoms with Gasteiger partial charge in [-0.15, -0.1) is 0 Å². The first-order chi connectivity index (χ1) is 18.0. The van der Waals surface area contributed by atoms with E-state index >= 15 is 0 Å². The molecular formula is C27H27N3O7. The fraction of sp³-hybridized carbons (Fsp3) is 0.333. The number of nitrogens with one attached hydrogen (secondary N) is 2. The van der Waals surface area contributed by atoms with Gasteiger partial charge >= 0.3 is 0 Å². The van der Waals surface area contributed by atoms with Crippen molar-refractivity contribution in [2.75, 3.05) is 21.3 Å². The summed E-state index contributed by atoms with van der Waals surface area (Å²) in [6, 6.07) is 6.46. The van der Waals surface area contributed by atoms with E-state index in [1.54, 1.807) is 18.2 Å². The van der Waals surface area contributed by atoms with Gasteiger partial charge in [-0.1, -0.05) is 19.3 Å². The molecule has 0 radical (unpaired) electrons. The summed E-state index contributed by atoms with van der Waals surface area (Å²) in [6.07, 6.45) is 5.24. The van der Waals surface area contributed by atoms with Crippen LogP contribution in [0.15, 0.2) is 38.3 Å². The molecule has 1 aliphatic carbocycles. The summed E-state index contributed by atoms with van der Waals surface area (Å²) in [4.78, 5) is 29.1. The lowest BCUT2D eigenvalue weighted by molar-refractivity contribution is 0.335. The Hall–Kier alpha value is -4.34. The summed E-state index contributed by atoms with van der Waals surface area (Å²) < 4.78 is 24.8. The van der Waals surface area contributed by atoms with E-state index in [9.17, 15) is 14.7 Å². The Bertz CT molecular complexity index is 1780. The molecule has 1 aliphatic rings. The fourth-order valence-corrected chi connectivity index (χ4v) is 5.56. The molecule has 6 rings (SSSR count). The van der Waals surface area contributed by atoms with Crippen molar-refractivity contribution in [3.05, 3.63) is 44.8 Å². The molecule has 0 bridgehead atoms. The van der Waals surface area contributed by atoms with Gasteiger partial charge in [0.25, 0.3) is 5.56 Å². The van der Waals surface area contributed by atoms with Gasteiger partial charge in [-0.05, 0) is 31.0 Å². The van der Waals surface area contributed by atoms with Crippen LogP contribution in [0.1, 0.15) is 38.1 Å². The predicted molar refractivity (Wildman–Crippen MR) is 139 cm³/mol. The van der Waals surface area contributed by atoms with Crippen molar-refractivity contribution in [3.8, 4) is 34.1 Å². The van der Waals surface area contributed by atoms with Crippen molar-refractivity contribution in [3.63, 3.8) is 0 Å². The van der Waals surface area contributed by atoms with E-state index in [-0.39, 0.29) is 17.2 Å². The van der Waals surface area contributed by atoms with Gasteiger partial charge in [-0.25, -0.2) is 0 Å². The summed E-state index contributed by atoms with van der Waals surface area (Å²) >= 11 is 0. The zero-order valence-corrected chi connectivity index (χ0v) is 20.8. The third-order valence-corrected chi connectivity index (χ3v) is 7.36. The highest BCUT2D eigenvalue weighted by Crippen LogP contribution is 2.46. The van der Waals surface area contributed by atoms with Crippen molar-refractivity contribution >= 4 is 33.1 Å². The first-order valence-corrected chi connectivity index (χ1v) is 12.2. The van der Waals surface area contributed by atoms with Crippen LogP contribution < -0.4 is 25.2 Å². The van der Waals surface area contributed by atoms with E-state index in [4.69, 9.17) is 18.6 Å². The quantitative estimate of drug-likeness (QED) is 0.312. The van der Waals surface area contributed by atoms with Gasteiger partial charge in [-0.2, -0.15) is 0 Å². The second kappa shape index (κ2) is 8.65. The highest BCUT2D eigenvalue weighted by Gasteiger charge is 2.28. The molecule has 0 saturated heterocycles. The standard InChI is InChI=1S/C27H27N3O7/c1-34-17-12-19(36-3)18(35-2)11-15(17)20-21-26(30(29-27(21)33)13-7-5-4-6-8-13)28-22-14-9-10-16(31)23(32)24(14)37-25(20)22/h9-13,28,32H,4-8H2,1-3H3,(H,29,33). The van der Waals surface area contributed by atoms with Gasteiger partial charge in [0.05, 0.1) is 38.3 Å². The lowest BCUT2D eigenvalue weighted by Crippen LogP contribution is -2.16. The number of hydrogen-bond acceptors (Lipinski definition) is 7. The van der Waals surface area contributed by atoms with Crippen LogP contribution in [0.5, 0.6) is 23.0 Å². The van der Waals surface area contributed by atoms with E-state index in [2.05, 4.69) is 10.1 Å². The van der Waals surface area contributed by atoms with Crippen LogP contribution in [-0.2, 0) is 0 Å². The summed E-state index contributed by atoms with van der Waals surface area (Å²) in [5, 5.41) is 14.5. The average molecular weight is 506 g/mol. The van der Waals surface area contributed by atoms with E-state index in [0.717, 1.165) is 25.7 Å². The van der Waals surface area contributed by atoms with Gasteiger partial charge in [-0.3, -0.25) is 19.4 Å². The van der Waals surface area contributed by atoms with E-state index in [0.29, 0.717) is 55.9 Å². The zero-order chi connectivity index (χ0) is 25.8. The summed E-state index contributed by atoms with van der Waals surface area (Å²) in [7, 11) is 4.58. The lowest BCUT2D eigenvalue weighted by atomic mass is 9.95. The van der Waals surface area contributed by atoms with Gasteiger partial charge < -0.3 is 28.7 Å². The minimum absolute atomic E-state index is 0.0488. The number of ether oxygens (including phenoxy) is 3. The highest BCUT2D eigenvalue weighted by atomic mass is 16.5. The predicted octanol–water partition coefficient (Wildman–Crippen LogP) is 4.82. The molecule has 1 saturated carbocycles. The van der Waals surface area contributed by atoms with E-state index in [1.807, 2.05) is 4.68 Å². The van der Waals surface area contributed by atoms with Gasteiger partial charge in [0.15, 0.2) is 22.7 Å². The maximum Gasteiger partial charge on any atom is 0.274 e. The number of aromatic hydroxyl groups is 1. The molecule has 10 heteroatoms. The molecule has 1 fully saturated rings. The Kier molecular flexibility index (Phi) is 5.40. The van der Waals surface area contributed by atoms with Gasteiger partial charge in [0, 0.05) is 22.6 Å². The number of phenolic OH excluding ortho intramolecular Hbond substituents is 1. The van der Waals surface area contributed by atoms with Crippen LogP contribution in [0, 0.1) is 0 Å². The average Bonchev–Trinajstić information content (AvgIpc) is 3.47. The zero-order valence-electron chi connectivity index (χ0n) is 20.8. The van der Waals surface area contributed by atoms with Crippen LogP contribution >= 0.6 is 0 Å². The van der Waals surface area contributed by atoms with E-state index in [1.165, 1.54) is 33.8 Å². The molecule has 2 aromatic carbocycles. The second-order valence-electron chi connectivity index (χ2n) is 9.33. The monoisotopic (exact) mass is 505 g/mol. The van der Waals surface area contributed by atoms with Crippen molar-refractivity contribution in [2.24, 2.45) is 0 Å². The SMILES string of the molecule is COc1cc(OC)c(-c2c3oc4c(O)c(=O)ccc4c3[nH]c3c2c(=O)[nH]n3C2CCCCC2)cc1OC. The molecule has 10 nitrogen and oxygen atoms in total. The van der Waals surface area contributed by atoms with Crippen LogP contribution in [0.3, 0.4) is 0 Å². The summed E-state index contributed by atoms with van der Waals surface area (Å²) in [5.41, 5.74) is 1.66. The van der Waals surface area contributed by atoms with E-state index < -0.39 is 11.2 Å². The molecule has 5 aromatic rings. The number of furan rings is 1. The largest absolute Gasteiger partial charge is 0.502 e. The Morgan fingerprint density at radius 1 is 0.946 bits per heavy atom. The molecule has 3 N–H and O–H groups in total. The highest BCUT2D eigenvalue weighted by molar-refractivity contribution is 6.15. The number of methoxy groups -OCH3 is 3. The van der Waals surface area contributed by atoms with Crippen LogP contribution in [0.2, 0.25) is 0 Å². The third-order valence-electron chi connectivity index (χ3n) is 7.36. The number of rotatable bonds is 5. The topological polar surface area (TPSA) is 132 Å². The number of pyridine rings is 1. The molecule has 0 atom stereocenters. The Labute approximate surface area is 210 Å². The van der Waals surface area contributed by atoms with Crippen LogP contribution in [-0.4, -0.2) is 41.2 Å². The number of aromatic amines is 2. The second-order valence-corrected chi connectivity index (χ2v) is 9.33. The minimum atomic E-state index is -0.550. The smallest absolute Gasteiger partial charge is 0.274 e. The van der Waals surface area contributed by atoms with Crippen LogP contribution in [0.25, 0.3) is 44.2 Å². The summed E-state index contributed by atoms with van der Waals surface area (Å²) in [5.74, 6) is 0.855. The Morgan fingerprint density at radius 3 is 2.35 bits per heavy atom. The first kappa shape index (κ1) is 23.1. The number of H-pyrrole nitrogens is 2. The number of phenols is 1. The maximum absolute atomic E-state index is 13.6. The molecule has 0 spiro atoms. The molecular weight excluding hydrogens is 478 g/mol. The molecule has 3 heterocycles. The van der Waals surface area contributed by atoms with Crippen molar-refractivity contribution in [1.82, 2.24) is 14.8 Å². The molecule has 3 aromatic heterocycles. The molecule has 0 amide bonds. The number of aromatic nitrogens is 3. The Morgan fingerprint density at radius 2 is 1.65 bits per heavy atom. The minimum Gasteiger partial charge on any atom is -0.502 e. The number of benzene rings is 2. The molecule has 37 heavy (non-hydrogen) atoms. The molecule has 0 unspecified atom stereocenters. The maximum atomic E-state index is 13.6. The number of hydrogen-bond donors (Lipinski definition) is 3. The van der Waals surface area contributed by atoms with Crippen molar-refractivity contribution in [1.29, 1.82) is 0 Å². The molecule has 192 valence electrons.